The van der Waals surface area contributed by atoms with Crippen LogP contribution in [0.5, 0.6) is 0 Å². The van der Waals surface area contributed by atoms with E-state index in [9.17, 15) is 4.79 Å². The number of aromatic nitrogens is 1. The third kappa shape index (κ3) is 2.75. The van der Waals surface area contributed by atoms with Crippen LogP contribution in [0.2, 0.25) is 0 Å². The van der Waals surface area contributed by atoms with Crippen molar-refractivity contribution in [1.29, 1.82) is 0 Å². The molecule has 3 rings (SSSR count). The lowest BCUT2D eigenvalue weighted by molar-refractivity contribution is -0.116. The van der Waals surface area contributed by atoms with Crippen LogP contribution in [0, 0.1) is 0 Å². The summed E-state index contributed by atoms with van der Waals surface area (Å²) in [5, 5.41) is 6.14. The molecule has 1 N–H and O–H groups in total. The smallest absolute Gasteiger partial charge is 0.224 e. The molecule has 1 aromatic carbocycles. The summed E-state index contributed by atoms with van der Waals surface area (Å²) in [5.41, 5.74) is 2.03. The van der Waals surface area contributed by atoms with Gasteiger partial charge in [0.05, 0.1) is 0 Å². The van der Waals surface area contributed by atoms with Gasteiger partial charge in [-0.1, -0.05) is 6.07 Å². The number of carbonyl (C=O) groups is 1. The molecule has 0 unspecified atom stereocenters. The molecule has 102 valence electrons. The summed E-state index contributed by atoms with van der Waals surface area (Å²) in [5.74, 6) is 0.0636. The Balaban J connectivity index is 1.64. The highest BCUT2D eigenvalue weighted by Gasteiger charge is 2.05. The van der Waals surface area contributed by atoms with Crippen LogP contribution in [0.4, 0.5) is 5.69 Å². The van der Waals surface area contributed by atoms with Crippen molar-refractivity contribution in [2.45, 2.75) is 12.8 Å². The molecule has 0 bridgehead atoms. The van der Waals surface area contributed by atoms with Crippen molar-refractivity contribution < 1.29 is 4.79 Å². The third-order valence-electron chi connectivity index (χ3n) is 3.35. The lowest BCUT2D eigenvalue weighted by Gasteiger charge is -2.05. The van der Waals surface area contributed by atoms with Gasteiger partial charge in [0.2, 0.25) is 5.91 Å². The Morgan fingerprint density at radius 3 is 3.00 bits per heavy atom. The first kappa shape index (κ1) is 12.9. The van der Waals surface area contributed by atoms with Crippen LogP contribution in [0.1, 0.15) is 11.3 Å². The van der Waals surface area contributed by atoms with Crippen LogP contribution in [0.3, 0.4) is 0 Å². The van der Waals surface area contributed by atoms with Gasteiger partial charge in [-0.2, -0.15) is 0 Å². The fourth-order valence-electron chi connectivity index (χ4n) is 2.27. The molecule has 0 aliphatic heterocycles. The summed E-state index contributed by atoms with van der Waals surface area (Å²) in [6.07, 6.45) is 3.34. The quantitative estimate of drug-likeness (QED) is 0.776. The molecule has 0 aliphatic rings. The first-order valence-electron chi connectivity index (χ1n) is 6.60. The molecule has 0 fully saturated rings. The topological polar surface area (TPSA) is 34.0 Å². The maximum atomic E-state index is 11.9. The molecule has 1 amide bonds. The number of aryl methyl sites for hydroxylation is 2. The number of carbonyl (C=O) groups excluding carboxylic acids is 1. The Bertz CT molecular complexity index is 728. The summed E-state index contributed by atoms with van der Waals surface area (Å²) in [6, 6.07) is 12.1. The molecule has 0 saturated heterocycles. The maximum absolute atomic E-state index is 11.9. The molecule has 0 aliphatic carbocycles. The van der Waals surface area contributed by atoms with Crippen LogP contribution in [0.25, 0.3) is 10.9 Å². The van der Waals surface area contributed by atoms with Crippen LogP contribution in [-0.4, -0.2) is 10.5 Å². The standard InChI is InChI=1S/C16H16N2OS/c1-18-9-8-12-11-13(4-6-15(12)18)17-16(19)7-5-14-3-2-10-20-14/h2-4,6,8-11H,5,7H2,1H3,(H,17,19). The van der Waals surface area contributed by atoms with E-state index in [-0.39, 0.29) is 5.91 Å². The fraction of sp³-hybridized carbons (Fsp3) is 0.188. The Hall–Kier alpha value is -2.07. The number of nitrogens with zero attached hydrogens (tertiary/aromatic N) is 1. The van der Waals surface area contributed by atoms with E-state index in [0.29, 0.717) is 6.42 Å². The van der Waals surface area contributed by atoms with Crippen molar-refractivity contribution in [2.24, 2.45) is 7.05 Å². The third-order valence-corrected chi connectivity index (χ3v) is 4.28. The van der Waals surface area contributed by atoms with Gasteiger partial charge in [-0.25, -0.2) is 0 Å². The lowest BCUT2D eigenvalue weighted by atomic mass is 10.2. The molecule has 3 aromatic rings. The second kappa shape index (κ2) is 5.51. The lowest BCUT2D eigenvalue weighted by Crippen LogP contribution is -2.11. The van der Waals surface area contributed by atoms with E-state index in [1.165, 1.54) is 10.4 Å². The van der Waals surface area contributed by atoms with Crippen LogP contribution < -0.4 is 5.32 Å². The minimum Gasteiger partial charge on any atom is -0.351 e. The number of hydrogen-bond donors (Lipinski definition) is 1. The fourth-order valence-corrected chi connectivity index (χ4v) is 2.98. The van der Waals surface area contributed by atoms with Crippen LogP contribution >= 0.6 is 11.3 Å². The van der Waals surface area contributed by atoms with Crippen molar-refractivity contribution in [3.63, 3.8) is 0 Å². The summed E-state index contributed by atoms with van der Waals surface area (Å²) in [7, 11) is 2.02. The highest BCUT2D eigenvalue weighted by molar-refractivity contribution is 7.09. The Labute approximate surface area is 121 Å². The summed E-state index contributed by atoms with van der Waals surface area (Å²) < 4.78 is 2.07. The Morgan fingerprint density at radius 1 is 1.30 bits per heavy atom. The SMILES string of the molecule is Cn1ccc2cc(NC(=O)CCc3cccs3)ccc21. The van der Waals surface area contributed by atoms with Crippen molar-refractivity contribution in [3.05, 3.63) is 52.9 Å². The zero-order valence-corrected chi connectivity index (χ0v) is 12.1. The predicted octanol–water partition coefficient (Wildman–Crippen LogP) is 3.81. The molecule has 4 heteroatoms. The first-order chi connectivity index (χ1) is 9.72. The highest BCUT2D eigenvalue weighted by atomic mass is 32.1. The predicted molar refractivity (Wildman–Crippen MR) is 84.2 cm³/mol. The minimum atomic E-state index is 0.0636. The van der Waals surface area contributed by atoms with Crippen molar-refractivity contribution in [2.75, 3.05) is 5.32 Å². The second-order valence-corrected chi connectivity index (χ2v) is 5.86. The van der Waals surface area contributed by atoms with E-state index < -0.39 is 0 Å². The second-order valence-electron chi connectivity index (χ2n) is 4.83. The van der Waals surface area contributed by atoms with Gasteiger partial charge in [0.25, 0.3) is 0 Å². The van der Waals surface area contributed by atoms with Gasteiger partial charge in [-0.3, -0.25) is 4.79 Å². The Morgan fingerprint density at radius 2 is 2.20 bits per heavy atom. The van der Waals surface area contributed by atoms with E-state index in [1.54, 1.807) is 11.3 Å². The van der Waals surface area contributed by atoms with E-state index >= 15 is 0 Å². The molecule has 2 heterocycles. The number of rotatable bonds is 4. The highest BCUT2D eigenvalue weighted by Crippen LogP contribution is 2.20. The first-order valence-corrected chi connectivity index (χ1v) is 7.48. The zero-order valence-electron chi connectivity index (χ0n) is 11.3. The average molecular weight is 284 g/mol. The van der Waals surface area contributed by atoms with Crippen LogP contribution in [0.15, 0.2) is 48.0 Å². The molecule has 0 saturated carbocycles. The van der Waals surface area contributed by atoms with Gasteiger partial charge >= 0.3 is 0 Å². The van der Waals surface area contributed by atoms with Gasteiger partial charge < -0.3 is 9.88 Å². The van der Waals surface area contributed by atoms with Crippen molar-refractivity contribution >= 4 is 33.8 Å². The zero-order chi connectivity index (χ0) is 13.9. The van der Waals surface area contributed by atoms with Gasteiger partial charge in [0.1, 0.15) is 0 Å². The number of anilines is 1. The van der Waals surface area contributed by atoms with Gasteiger partial charge in [-0.05, 0) is 42.1 Å². The molecule has 20 heavy (non-hydrogen) atoms. The molecular weight excluding hydrogens is 268 g/mol. The summed E-state index contributed by atoms with van der Waals surface area (Å²) in [6.45, 7) is 0. The molecule has 2 aromatic heterocycles. The van der Waals surface area contributed by atoms with E-state index in [1.807, 2.05) is 42.9 Å². The summed E-state index contributed by atoms with van der Waals surface area (Å²) in [4.78, 5) is 13.2. The van der Waals surface area contributed by atoms with Gasteiger partial charge in [0.15, 0.2) is 0 Å². The minimum absolute atomic E-state index is 0.0636. The van der Waals surface area contributed by atoms with Crippen molar-refractivity contribution in [1.82, 2.24) is 4.57 Å². The van der Waals surface area contributed by atoms with Crippen molar-refractivity contribution in [3.8, 4) is 0 Å². The maximum Gasteiger partial charge on any atom is 0.224 e. The number of hydrogen-bond acceptors (Lipinski definition) is 2. The molecule has 0 spiro atoms. The number of fused-ring (bicyclic) bond motifs is 1. The normalized spacial score (nSPS) is 10.8. The molecule has 3 nitrogen and oxygen atoms in total. The number of nitrogens with one attached hydrogen (secondary N) is 1. The monoisotopic (exact) mass is 284 g/mol. The molecule has 0 radical (unpaired) electrons. The number of benzene rings is 1. The van der Waals surface area contributed by atoms with E-state index in [2.05, 4.69) is 22.0 Å². The largest absolute Gasteiger partial charge is 0.351 e. The average Bonchev–Trinajstić information content (AvgIpc) is 3.07. The van der Waals surface area contributed by atoms with Gasteiger partial charge in [0, 0.05) is 41.1 Å². The molecule has 0 atom stereocenters. The molecular formula is C16H16N2OS. The van der Waals surface area contributed by atoms with E-state index in [4.69, 9.17) is 0 Å². The summed E-state index contributed by atoms with van der Waals surface area (Å²) >= 11 is 1.69. The van der Waals surface area contributed by atoms with Crippen LogP contribution in [-0.2, 0) is 18.3 Å². The Kier molecular flexibility index (Phi) is 3.56. The number of thiophene rings is 1. The van der Waals surface area contributed by atoms with Gasteiger partial charge in [-0.15, -0.1) is 11.3 Å². The van der Waals surface area contributed by atoms with E-state index in [0.717, 1.165) is 17.5 Å². The number of amides is 1.